The molecule has 2 rings (SSSR count). The molecule has 202 valence electrons. The van der Waals surface area contributed by atoms with Gasteiger partial charge in [-0.15, -0.1) is 0 Å². The Morgan fingerprint density at radius 1 is 1.22 bits per heavy atom. The Labute approximate surface area is 218 Å². The number of hydrogen-bond donors (Lipinski definition) is 2. The molecule has 1 aliphatic carbocycles. The first-order valence-corrected chi connectivity index (χ1v) is 13.4. The van der Waals surface area contributed by atoms with Crippen molar-refractivity contribution >= 4 is 11.9 Å². The largest absolute Gasteiger partial charge is 0.462 e. The highest BCUT2D eigenvalue weighted by Gasteiger charge is 2.39. The first kappa shape index (κ1) is 30.0. The Balaban J connectivity index is 1.98. The number of hydrogen-bond acceptors (Lipinski definition) is 6. The van der Waals surface area contributed by atoms with Gasteiger partial charge < -0.3 is 20.1 Å². The zero-order chi connectivity index (χ0) is 27.1. The van der Waals surface area contributed by atoms with Gasteiger partial charge in [0.25, 0.3) is 0 Å². The van der Waals surface area contributed by atoms with Crippen molar-refractivity contribution in [3.63, 3.8) is 0 Å². The van der Waals surface area contributed by atoms with E-state index in [9.17, 15) is 9.59 Å². The molecule has 0 radical (unpaired) electrons. The fraction of sp³-hybridized carbons (Fsp3) is 0.667. The Morgan fingerprint density at radius 2 is 1.86 bits per heavy atom. The standard InChI is InChI=1S/C30H48N2O4/c1-10-21-17-23(27(34)36-24(11-2)18-28(4,5)31-12-3)14-13-22(21)15-16-26(33)35-25-19-29(6,7)32-30(8,9)20-25/h10,13-16,23-25,31-32H,1,11-12,17-20H2,2-9H3/b16-15+. The first-order chi connectivity index (χ1) is 16.7. The number of ether oxygens (including phenoxy) is 2. The minimum atomic E-state index is -0.363. The van der Waals surface area contributed by atoms with Gasteiger partial charge in [0.05, 0.1) is 5.92 Å². The lowest BCUT2D eigenvalue weighted by Gasteiger charge is -2.45. The van der Waals surface area contributed by atoms with Crippen LogP contribution >= 0.6 is 0 Å². The van der Waals surface area contributed by atoms with E-state index < -0.39 is 0 Å². The van der Waals surface area contributed by atoms with Crippen molar-refractivity contribution in [2.24, 2.45) is 5.92 Å². The lowest BCUT2D eigenvalue weighted by Crippen LogP contribution is -2.59. The van der Waals surface area contributed by atoms with E-state index in [1.807, 2.05) is 19.1 Å². The molecule has 0 aromatic heterocycles. The minimum Gasteiger partial charge on any atom is -0.462 e. The lowest BCUT2D eigenvalue weighted by molar-refractivity contribution is -0.153. The third kappa shape index (κ3) is 9.36. The van der Waals surface area contributed by atoms with Crippen LogP contribution in [0.1, 0.15) is 87.5 Å². The maximum Gasteiger partial charge on any atom is 0.331 e. The topological polar surface area (TPSA) is 76.7 Å². The molecule has 0 bridgehead atoms. The van der Waals surface area contributed by atoms with Crippen molar-refractivity contribution in [3.8, 4) is 0 Å². The number of rotatable bonds is 11. The van der Waals surface area contributed by atoms with Gasteiger partial charge in [-0.3, -0.25) is 4.79 Å². The number of piperidine rings is 1. The molecule has 2 aliphatic rings. The van der Waals surface area contributed by atoms with Crippen LogP contribution in [0.5, 0.6) is 0 Å². The second-order valence-electron chi connectivity index (χ2n) is 12.1. The summed E-state index contributed by atoms with van der Waals surface area (Å²) in [6.07, 6.45) is 12.0. The second-order valence-corrected chi connectivity index (χ2v) is 12.1. The number of allylic oxidation sites excluding steroid dienone is 5. The van der Waals surface area contributed by atoms with Gasteiger partial charge in [-0.2, -0.15) is 0 Å². The van der Waals surface area contributed by atoms with Crippen molar-refractivity contribution in [1.29, 1.82) is 0 Å². The molecule has 0 spiro atoms. The highest BCUT2D eigenvalue weighted by Crippen LogP contribution is 2.31. The number of nitrogens with one attached hydrogen (secondary N) is 2. The SMILES string of the molecule is C=CC1=C(/C=C/C(=O)OC2CC(C)(C)NC(C)(C)C2)C=CC(C(=O)OC(CC)CC(C)(C)NCC)C1. The fourth-order valence-electron chi connectivity index (χ4n) is 5.59. The second kappa shape index (κ2) is 12.4. The van der Waals surface area contributed by atoms with Gasteiger partial charge in [-0.05, 0) is 78.2 Å². The van der Waals surface area contributed by atoms with E-state index in [4.69, 9.17) is 9.47 Å². The summed E-state index contributed by atoms with van der Waals surface area (Å²) in [5.74, 6) is -0.936. The van der Waals surface area contributed by atoms with Crippen LogP contribution in [-0.4, -0.2) is 47.3 Å². The molecule has 36 heavy (non-hydrogen) atoms. The Hall–Kier alpha value is -2.18. The number of esters is 2. The lowest BCUT2D eigenvalue weighted by atomic mass is 9.81. The van der Waals surface area contributed by atoms with Gasteiger partial charge >= 0.3 is 11.9 Å². The van der Waals surface area contributed by atoms with Crippen LogP contribution in [-0.2, 0) is 19.1 Å². The van der Waals surface area contributed by atoms with E-state index in [-0.39, 0.29) is 46.7 Å². The molecule has 0 amide bonds. The van der Waals surface area contributed by atoms with Crippen LogP contribution < -0.4 is 10.6 Å². The smallest absolute Gasteiger partial charge is 0.331 e. The summed E-state index contributed by atoms with van der Waals surface area (Å²) in [6, 6.07) is 0. The molecule has 1 fully saturated rings. The fourth-order valence-corrected chi connectivity index (χ4v) is 5.59. The van der Waals surface area contributed by atoms with Gasteiger partial charge in [0.2, 0.25) is 0 Å². The van der Waals surface area contributed by atoms with Crippen LogP contribution in [0.25, 0.3) is 0 Å². The molecule has 0 aromatic carbocycles. The summed E-state index contributed by atoms with van der Waals surface area (Å²) in [5, 5.41) is 7.04. The van der Waals surface area contributed by atoms with Crippen LogP contribution in [0, 0.1) is 5.92 Å². The maximum atomic E-state index is 12.9. The van der Waals surface area contributed by atoms with Gasteiger partial charge in [-0.1, -0.05) is 38.7 Å². The van der Waals surface area contributed by atoms with E-state index in [0.717, 1.165) is 43.4 Å². The highest BCUT2D eigenvalue weighted by atomic mass is 16.5. The van der Waals surface area contributed by atoms with E-state index >= 15 is 0 Å². The molecule has 1 aliphatic heterocycles. The van der Waals surface area contributed by atoms with Crippen LogP contribution in [0.4, 0.5) is 0 Å². The van der Waals surface area contributed by atoms with Crippen molar-refractivity contribution in [2.75, 3.05) is 6.54 Å². The average Bonchev–Trinajstić information content (AvgIpc) is 2.74. The molecule has 0 aromatic rings. The summed E-state index contributed by atoms with van der Waals surface area (Å²) in [7, 11) is 0. The summed E-state index contributed by atoms with van der Waals surface area (Å²) >= 11 is 0. The third-order valence-corrected chi connectivity index (χ3v) is 6.83. The number of carbonyl (C=O) groups is 2. The summed E-state index contributed by atoms with van der Waals surface area (Å²) in [4.78, 5) is 25.5. The van der Waals surface area contributed by atoms with Crippen molar-refractivity contribution in [1.82, 2.24) is 10.6 Å². The molecule has 6 nitrogen and oxygen atoms in total. The van der Waals surface area contributed by atoms with E-state index in [1.54, 1.807) is 12.2 Å². The quantitative estimate of drug-likeness (QED) is 0.286. The Morgan fingerprint density at radius 3 is 2.42 bits per heavy atom. The van der Waals surface area contributed by atoms with Gasteiger partial charge in [0.15, 0.2) is 0 Å². The highest BCUT2D eigenvalue weighted by molar-refractivity contribution is 5.83. The molecule has 1 saturated heterocycles. The van der Waals surface area contributed by atoms with Gasteiger partial charge in [0, 0.05) is 42.0 Å². The molecule has 0 saturated carbocycles. The van der Waals surface area contributed by atoms with Gasteiger partial charge in [0.1, 0.15) is 12.2 Å². The normalized spacial score (nSPS) is 22.9. The van der Waals surface area contributed by atoms with Gasteiger partial charge in [-0.25, -0.2) is 4.79 Å². The van der Waals surface area contributed by atoms with E-state index in [2.05, 4.69) is 65.7 Å². The van der Waals surface area contributed by atoms with Crippen molar-refractivity contribution in [3.05, 3.63) is 48.1 Å². The predicted octanol–water partition coefficient (Wildman–Crippen LogP) is 5.55. The molecule has 2 unspecified atom stereocenters. The summed E-state index contributed by atoms with van der Waals surface area (Å²) < 4.78 is 11.7. The average molecular weight is 501 g/mol. The molecular weight excluding hydrogens is 452 g/mol. The molecule has 1 heterocycles. The maximum absolute atomic E-state index is 12.9. The third-order valence-electron chi connectivity index (χ3n) is 6.83. The van der Waals surface area contributed by atoms with E-state index in [0.29, 0.717) is 6.42 Å². The molecule has 2 atom stereocenters. The zero-order valence-electron chi connectivity index (χ0n) is 23.7. The van der Waals surface area contributed by atoms with E-state index in [1.165, 1.54) is 6.08 Å². The number of carbonyl (C=O) groups excluding carboxylic acids is 2. The van der Waals surface area contributed by atoms with Crippen LogP contribution in [0.15, 0.2) is 48.1 Å². The molecule has 6 heteroatoms. The van der Waals surface area contributed by atoms with Crippen LogP contribution in [0.2, 0.25) is 0 Å². The molecule has 2 N–H and O–H groups in total. The minimum absolute atomic E-state index is 0.0935. The molecular formula is C30H48N2O4. The Bertz CT molecular complexity index is 879. The van der Waals surface area contributed by atoms with Crippen molar-refractivity contribution in [2.45, 2.75) is 116 Å². The van der Waals surface area contributed by atoms with Crippen LogP contribution in [0.3, 0.4) is 0 Å². The van der Waals surface area contributed by atoms with Crippen molar-refractivity contribution < 1.29 is 19.1 Å². The summed E-state index contributed by atoms with van der Waals surface area (Å²) in [5.41, 5.74) is 1.48. The monoisotopic (exact) mass is 500 g/mol. The first-order valence-electron chi connectivity index (χ1n) is 13.4. The predicted molar refractivity (Wildman–Crippen MR) is 147 cm³/mol. The summed E-state index contributed by atoms with van der Waals surface area (Å²) in [6.45, 7) is 21.7. The Kier molecular flexibility index (Phi) is 10.3. The zero-order valence-corrected chi connectivity index (χ0v) is 23.7.